The van der Waals surface area contributed by atoms with E-state index >= 15 is 0 Å². The van der Waals surface area contributed by atoms with Crippen molar-refractivity contribution in [3.63, 3.8) is 0 Å². The molecule has 0 fully saturated rings. The molecular formula is C17H25N3O. The fraction of sp³-hybridized carbons (Fsp3) is 0.647. The Kier molecular flexibility index (Phi) is 4.54. The van der Waals surface area contributed by atoms with Crippen LogP contribution in [-0.4, -0.2) is 28.0 Å². The van der Waals surface area contributed by atoms with Crippen LogP contribution in [0.15, 0.2) is 16.9 Å². The Morgan fingerprint density at radius 1 is 1.43 bits per heavy atom. The van der Waals surface area contributed by atoms with Gasteiger partial charge in [0.25, 0.3) is 5.56 Å². The van der Waals surface area contributed by atoms with Crippen molar-refractivity contribution >= 4 is 0 Å². The highest BCUT2D eigenvalue weighted by molar-refractivity contribution is 5.21. The summed E-state index contributed by atoms with van der Waals surface area (Å²) in [7, 11) is 0. The summed E-state index contributed by atoms with van der Waals surface area (Å²) in [5.74, 6) is 1.61. The van der Waals surface area contributed by atoms with Crippen molar-refractivity contribution < 1.29 is 0 Å². The van der Waals surface area contributed by atoms with Gasteiger partial charge in [-0.05, 0) is 31.6 Å². The number of aromatic nitrogens is 2. The first-order valence-electron chi connectivity index (χ1n) is 8.24. The highest BCUT2D eigenvalue weighted by Gasteiger charge is 2.23. The molecule has 1 aromatic heterocycles. The Bertz CT molecular complexity index is 576. The smallest absolute Gasteiger partial charge is 0.255 e. The number of hydrogen-bond donors (Lipinski definition) is 1. The first kappa shape index (κ1) is 14.5. The first-order valence-corrected chi connectivity index (χ1v) is 8.24. The lowest BCUT2D eigenvalue weighted by atomic mass is 9.93. The van der Waals surface area contributed by atoms with Crippen molar-refractivity contribution in [3.05, 3.63) is 39.6 Å². The Morgan fingerprint density at radius 2 is 2.33 bits per heavy atom. The highest BCUT2D eigenvalue weighted by atomic mass is 16.1. The average molecular weight is 287 g/mol. The van der Waals surface area contributed by atoms with Crippen LogP contribution in [0.25, 0.3) is 0 Å². The van der Waals surface area contributed by atoms with E-state index in [1.807, 2.05) is 0 Å². The van der Waals surface area contributed by atoms with Gasteiger partial charge in [0, 0.05) is 32.5 Å². The standard InChI is InChI=1S/C17H25N3O/c1-2-6-16-18-15-9-10-20(12-14(15)17(21)19-16)11-13-7-4-3-5-8-13/h3-4,13H,2,5-12H2,1H3,(H,18,19,21). The monoisotopic (exact) mass is 287 g/mol. The van der Waals surface area contributed by atoms with Crippen molar-refractivity contribution in [3.8, 4) is 0 Å². The zero-order chi connectivity index (χ0) is 14.7. The van der Waals surface area contributed by atoms with E-state index in [2.05, 4.69) is 33.9 Å². The van der Waals surface area contributed by atoms with Gasteiger partial charge in [0.1, 0.15) is 5.82 Å². The molecule has 0 radical (unpaired) electrons. The number of allylic oxidation sites excluding steroid dienone is 2. The Morgan fingerprint density at radius 3 is 3.10 bits per heavy atom. The number of aromatic amines is 1. The van der Waals surface area contributed by atoms with Crippen LogP contribution < -0.4 is 5.56 Å². The summed E-state index contributed by atoms with van der Waals surface area (Å²) in [5.41, 5.74) is 2.01. The van der Waals surface area contributed by atoms with E-state index in [4.69, 9.17) is 0 Å². The van der Waals surface area contributed by atoms with E-state index in [1.54, 1.807) is 0 Å². The van der Waals surface area contributed by atoms with Crippen LogP contribution in [-0.2, 0) is 19.4 Å². The van der Waals surface area contributed by atoms with E-state index < -0.39 is 0 Å². The highest BCUT2D eigenvalue weighted by Crippen LogP contribution is 2.22. The van der Waals surface area contributed by atoms with Crippen LogP contribution in [0.5, 0.6) is 0 Å². The molecule has 1 N–H and O–H groups in total. The SMILES string of the molecule is CCCc1nc2c(c(=O)[nH]1)CN(CC1CC=CCC1)CC2. The van der Waals surface area contributed by atoms with Gasteiger partial charge in [0.15, 0.2) is 0 Å². The van der Waals surface area contributed by atoms with Crippen LogP contribution in [0.2, 0.25) is 0 Å². The minimum atomic E-state index is 0.0803. The number of nitrogens with one attached hydrogen (secondary N) is 1. The van der Waals surface area contributed by atoms with Gasteiger partial charge in [-0.2, -0.15) is 0 Å². The molecule has 0 spiro atoms. The number of H-pyrrole nitrogens is 1. The normalized spacial score (nSPS) is 22.2. The average Bonchev–Trinajstić information content (AvgIpc) is 2.49. The summed E-state index contributed by atoms with van der Waals surface area (Å²) in [6.07, 6.45) is 11.1. The quantitative estimate of drug-likeness (QED) is 0.865. The van der Waals surface area contributed by atoms with Crippen LogP contribution >= 0.6 is 0 Å². The molecule has 0 saturated carbocycles. The van der Waals surface area contributed by atoms with Gasteiger partial charge >= 0.3 is 0 Å². The third-order valence-corrected chi connectivity index (χ3v) is 4.58. The van der Waals surface area contributed by atoms with Gasteiger partial charge < -0.3 is 4.98 Å². The third kappa shape index (κ3) is 3.43. The Labute approximate surface area is 126 Å². The summed E-state index contributed by atoms with van der Waals surface area (Å²) in [4.78, 5) is 22.3. The zero-order valence-corrected chi connectivity index (χ0v) is 12.9. The maximum absolute atomic E-state index is 12.3. The van der Waals surface area contributed by atoms with E-state index in [0.717, 1.165) is 61.9 Å². The van der Waals surface area contributed by atoms with Crippen LogP contribution in [0.4, 0.5) is 0 Å². The summed E-state index contributed by atoms with van der Waals surface area (Å²) >= 11 is 0. The topological polar surface area (TPSA) is 49.0 Å². The molecule has 4 heteroatoms. The van der Waals surface area contributed by atoms with Crippen molar-refractivity contribution in [1.29, 1.82) is 0 Å². The van der Waals surface area contributed by atoms with Crippen molar-refractivity contribution in [1.82, 2.24) is 14.9 Å². The second-order valence-corrected chi connectivity index (χ2v) is 6.32. The van der Waals surface area contributed by atoms with Gasteiger partial charge in [-0.1, -0.05) is 19.1 Å². The molecule has 4 nitrogen and oxygen atoms in total. The molecule has 1 aliphatic heterocycles. The lowest BCUT2D eigenvalue weighted by Gasteiger charge is -2.31. The minimum absolute atomic E-state index is 0.0803. The van der Waals surface area contributed by atoms with Crippen LogP contribution in [0.1, 0.15) is 49.7 Å². The maximum atomic E-state index is 12.3. The van der Waals surface area contributed by atoms with E-state index in [1.165, 1.54) is 19.3 Å². The fourth-order valence-corrected chi connectivity index (χ4v) is 3.43. The number of aryl methyl sites for hydroxylation is 1. The molecule has 21 heavy (non-hydrogen) atoms. The maximum Gasteiger partial charge on any atom is 0.255 e. The predicted molar refractivity (Wildman–Crippen MR) is 84.3 cm³/mol. The molecule has 0 bridgehead atoms. The minimum Gasteiger partial charge on any atom is -0.310 e. The molecule has 114 valence electrons. The Hall–Kier alpha value is -1.42. The van der Waals surface area contributed by atoms with E-state index in [-0.39, 0.29) is 5.56 Å². The largest absolute Gasteiger partial charge is 0.310 e. The van der Waals surface area contributed by atoms with E-state index in [9.17, 15) is 4.79 Å². The lowest BCUT2D eigenvalue weighted by molar-refractivity contribution is 0.203. The number of rotatable bonds is 4. The number of nitrogens with zero attached hydrogens (tertiary/aromatic N) is 2. The lowest BCUT2D eigenvalue weighted by Crippen LogP contribution is -2.38. The first-order chi connectivity index (χ1) is 10.3. The van der Waals surface area contributed by atoms with E-state index in [0.29, 0.717) is 0 Å². The van der Waals surface area contributed by atoms with Crippen molar-refractivity contribution in [2.45, 2.75) is 52.0 Å². The zero-order valence-electron chi connectivity index (χ0n) is 12.9. The molecule has 0 amide bonds. The summed E-state index contributed by atoms with van der Waals surface area (Å²) in [5, 5.41) is 0. The van der Waals surface area contributed by atoms with Gasteiger partial charge in [0.05, 0.1) is 11.3 Å². The molecule has 2 heterocycles. The fourth-order valence-electron chi connectivity index (χ4n) is 3.43. The van der Waals surface area contributed by atoms with Gasteiger partial charge in [-0.15, -0.1) is 0 Å². The molecule has 2 aliphatic rings. The van der Waals surface area contributed by atoms with Crippen LogP contribution in [0.3, 0.4) is 0 Å². The second kappa shape index (κ2) is 6.56. The van der Waals surface area contributed by atoms with Crippen LogP contribution in [0, 0.1) is 5.92 Å². The number of hydrogen-bond acceptors (Lipinski definition) is 3. The van der Waals surface area contributed by atoms with Crippen molar-refractivity contribution in [2.24, 2.45) is 5.92 Å². The molecule has 1 aliphatic carbocycles. The summed E-state index contributed by atoms with van der Waals surface area (Å²) in [6.45, 7) is 5.03. The van der Waals surface area contributed by atoms with Gasteiger partial charge in [-0.3, -0.25) is 9.69 Å². The second-order valence-electron chi connectivity index (χ2n) is 6.32. The summed E-state index contributed by atoms with van der Waals surface area (Å²) < 4.78 is 0. The molecule has 1 unspecified atom stereocenters. The molecule has 0 aromatic carbocycles. The van der Waals surface area contributed by atoms with Crippen molar-refractivity contribution in [2.75, 3.05) is 13.1 Å². The molecular weight excluding hydrogens is 262 g/mol. The third-order valence-electron chi connectivity index (χ3n) is 4.58. The summed E-state index contributed by atoms with van der Waals surface area (Å²) in [6, 6.07) is 0. The molecule has 1 aromatic rings. The Balaban J connectivity index is 1.70. The molecule has 3 rings (SSSR count). The number of fused-ring (bicyclic) bond motifs is 1. The predicted octanol–water partition coefficient (Wildman–Crippen LogP) is 2.44. The molecule has 1 atom stereocenters. The van der Waals surface area contributed by atoms with Gasteiger partial charge in [-0.25, -0.2) is 4.98 Å². The van der Waals surface area contributed by atoms with Gasteiger partial charge in [0.2, 0.25) is 0 Å². The molecule has 0 saturated heterocycles.